The van der Waals surface area contributed by atoms with Gasteiger partial charge < -0.3 is 0 Å². The maximum Gasteiger partial charge on any atom is 0.0359 e. The molecule has 0 atom stereocenters. The van der Waals surface area contributed by atoms with Gasteiger partial charge >= 0.3 is 0 Å². The van der Waals surface area contributed by atoms with Crippen LogP contribution in [0, 0.1) is 11.8 Å². The zero-order valence-corrected chi connectivity index (χ0v) is 21.2. The lowest BCUT2D eigenvalue weighted by Crippen LogP contribution is -2.47. The molecule has 0 aromatic heterocycles. The molecule has 0 unspecified atom stereocenters. The van der Waals surface area contributed by atoms with E-state index in [1.54, 1.807) is 0 Å². The van der Waals surface area contributed by atoms with Crippen LogP contribution in [-0.4, -0.2) is 36.2 Å². The molecule has 2 N–H and O–H groups in total. The Balaban J connectivity index is 0.944. The first-order valence-electron chi connectivity index (χ1n) is 13.7. The molecule has 0 aliphatic carbocycles. The first kappa shape index (κ1) is 23.6. The molecule has 2 aliphatic rings. The summed E-state index contributed by atoms with van der Waals surface area (Å²) >= 11 is 0. The number of rotatable bonds is 7. The number of nitrogens with zero attached hydrogens (tertiary/aromatic N) is 2. The molecule has 0 radical (unpaired) electrons. The summed E-state index contributed by atoms with van der Waals surface area (Å²) in [5.74, 6) is 1.75. The van der Waals surface area contributed by atoms with E-state index in [1.165, 1.54) is 58.4 Å². The standard InChI is InChI=1S/C32H38N4/c1-3-13-31-27(7-1)9-5-11-29(31)23-33-35-19-15-25(16-20-35)26-17-21-36(22-18-26)34-24-30-12-6-10-28-8-2-4-14-32(28)30/h1-14,25-26,33-34H,15-24H2. The second kappa shape index (κ2) is 11.1. The summed E-state index contributed by atoms with van der Waals surface area (Å²) in [5, 5.41) is 10.3. The third kappa shape index (κ3) is 5.33. The predicted octanol–water partition coefficient (Wildman–Crippen LogP) is 6.13. The second-order valence-corrected chi connectivity index (χ2v) is 10.6. The Morgan fingerprint density at radius 1 is 0.500 bits per heavy atom. The predicted molar refractivity (Wildman–Crippen MR) is 150 cm³/mol. The Morgan fingerprint density at radius 2 is 0.889 bits per heavy atom. The summed E-state index contributed by atoms with van der Waals surface area (Å²) in [4.78, 5) is 0. The fourth-order valence-electron chi connectivity index (χ4n) is 6.35. The topological polar surface area (TPSA) is 30.5 Å². The Hall–Kier alpha value is -2.76. The zero-order valence-electron chi connectivity index (χ0n) is 21.2. The monoisotopic (exact) mass is 478 g/mol. The van der Waals surface area contributed by atoms with E-state index in [9.17, 15) is 0 Å². The number of nitrogens with one attached hydrogen (secondary N) is 2. The van der Waals surface area contributed by atoms with E-state index in [0.29, 0.717) is 0 Å². The quantitative estimate of drug-likeness (QED) is 0.335. The molecule has 0 amide bonds. The normalized spacial score (nSPS) is 18.8. The van der Waals surface area contributed by atoms with Crippen molar-refractivity contribution in [3.63, 3.8) is 0 Å². The van der Waals surface area contributed by atoms with Crippen molar-refractivity contribution in [2.24, 2.45) is 11.8 Å². The highest BCUT2D eigenvalue weighted by Gasteiger charge is 2.29. The van der Waals surface area contributed by atoms with Gasteiger partial charge in [-0.3, -0.25) is 10.9 Å². The first-order valence-corrected chi connectivity index (χ1v) is 13.7. The molecule has 2 saturated heterocycles. The smallest absolute Gasteiger partial charge is 0.0359 e. The van der Waals surface area contributed by atoms with Crippen molar-refractivity contribution in [2.45, 2.75) is 38.8 Å². The highest BCUT2D eigenvalue weighted by atomic mass is 15.5. The Morgan fingerprint density at radius 3 is 1.33 bits per heavy atom. The van der Waals surface area contributed by atoms with Crippen LogP contribution in [0.15, 0.2) is 84.9 Å². The molecule has 0 bridgehead atoms. The summed E-state index contributed by atoms with van der Waals surface area (Å²) < 4.78 is 0. The van der Waals surface area contributed by atoms with Gasteiger partial charge in [0.2, 0.25) is 0 Å². The molecule has 0 spiro atoms. The van der Waals surface area contributed by atoms with Crippen LogP contribution in [0.25, 0.3) is 21.5 Å². The maximum absolute atomic E-state index is 3.72. The summed E-state index contributed by atoms with van der Waals surface area (Å²) in [6.07, 6.45) is 5.26. The van der Waals surface area contributed by atoms with Crippen molar-refractivity contribution in [3.8, 4) is 0 Å². The Kier molecular flexibility index (Phi) is 7.29. The van der Waals surface area contributed by atoms with Crippen molar-refractivity contribution in [3.05, 3.63) is 96.1 Å². The van der Waals surface area contributed by atoms with E-state index in [4.69, 9.17) is 0 Å². The van der Waals surface area contributed by atoms with E-state index in [0.717, 1.165) is 51.1 Å². The highest BCUT2D eigenvalue weighted by Crippen LogP contribution is 2.32. The van der Waals surface area contributed by atoms with Crippen LogP contribution < -0.4 is 10.9 Å². The van der Waals surface area contributed by atoms with Gasteiger partial charge in [-0.1, -0.05) is 84.9 Å². The van der Waals surface area contributed by atoms with Crippen LogP contribution in [0.1, 0.15) is 36.8 Å². The molecule has 0 saturated carbocycles. The number of benzene rings is 4. The van der Waals surface area contributed by atoms with Gasteiger partial charge in [0.15, 0.2) is 0 Å². The third-order valence-corrected chi connectivity index (χ3v) is 8.49. The molecule has 4 nitrogen and oxygen atoms in total. The number of hydrazine groups is 2. The minimum Gasteiger partial charge on any atom is -0.251 e. The fraction of sp³-hybridized carbons (Fsp3) is 0.375. The molecule has 36 heavy (non-hydrogen) atoms. The van der Waals surface area contributed by atoms with E-state index >= 15 is 0 Å². The van der Waals surface area contributed by atoms with Crippen molar-refractivity contribution < 1.29 is 0 Å². The SMILES string of the molecule is c1ccc2c(CNN3CCC(C4CCN(NCc5cccc6ccccc56)CC4)CC3)cccc2c1. The molecule has 4 aromatic carbocycles. The second-order valence-electron chi connectivity index (χ2n) is 10.6. The molecular formula is C32H38N4. The van der Waals surface area contributed by atoms with E-state index in [-0.39, 0.29) is 0 Å². The Bertz CT molecular complexity index is 1170. The van der Waals surface area contributed by atoms with Crippen LogP contribution in [0.3, 0.4) is 0 Å². The summed E-state index contributed by atoms with van der Waals surface area (Å²) in [5.41, 5.74) is 10.2. The summed E-state index contributed by atoms with van der Waals surface area (Å²) in [7, 11) is 0. The molecular weight excluding hydrogens is 440 g/mol. The van der Waals surface area contributed by atoms with Gasteiger partial charge in [-0.2, -0.15) is 0 Å². The highest BCUT2D eigenvalue weighted by molar-refractivity contribution is 5.86. The molecule has 4 heteroatoms. The lowest BCUT2D eigenvalue weighted by atomic mass is 9.79. The van der Waals surface area contributed by atoms with Crippen molar-refractivity contribution in [2.75, 3.05) is 26.2 Å². The summed E-state index contributed by atoms with van der Waals surface area (Å²) in [6, 6.07) is 30.7. The summed E-state index contributed by atoms with van der Waals surface area (Å²) in [6.45, 7) is 6.47. The first-order chi connectivity index (χ1) is 17.8. The molecule has 2 fully saturated rings. The third-order valence-electron chi connectivity index (χ3n) is 8.49. The maximum atomic E-state index is 3.72. The van der Waals surface area contributed by atoms with Gasteiger partial charge in [-0.15, -0.1) is 0 Å². The van der Waals surface area contributed by atoms with Crippen LogP contribution in [0.5, 0.6) is 0 Å². The fourth-order valence-corrected chi connectivity index (χ4v) is 6.35. The average molecular weight is 479 g/mol. The van der Waals surface area contributed by atoms with Crippen molar-refractivity contribution in [1.29, 1.82) is 0 Å². The molecule has 2 aliphatic heterocycles. The van der Waals surface area contributed by atoms with Crippen LogP contribution in [0.2, 0.25) is 0 Å². The van der Waals surface area contributed by atoms with Crippen LogP contribution in [-0.2, 0) is 13.1 Å². The van der Waals surface area contributed by atoms with E-state index in [2.05, 4.69) is 106 Å². The molecule has 2 heterocycles. The van der Waals surface area contributed by atoms with E-state index in [1.807, 2.05) is 0 Å². The minimum atomic E-state index is 0.876. The average Bonchev–Trinajstić information content (AvgIpc) is 2.95. The Labute approximate surface area is 215 Å². The van der Waals surface area contributed by atoms with Gasteiger partial charge in [0.05, 0.1) is 0 Å². The molecule has 6 rings (SSSR count). The van der Waals surface area contributed by atoms with Gasteiger partial charge in [-0.05, 0) is 70.2 Å². The van der Waals surface area contributed by atoms with Crippen LogP contribution in [0.4, 0.5) is 0 Å². The zero-order chi connectivity index (χ0) is 24.2. The van der Waals surface area contributed by atoms with Gasteiger partial charge in [0.1, 0.15) is 0 Å². The number of piperidine rings is 2. The molecule has 4 aromatic rings. The van der Waals surface area contributed by atoms with Crippen molar-refractivity contribution >= 4 is 21.5 Å². The van der Waals surface area contributed by atoms with Gasteiger partial charge in [0, 0.05) is 39.3 Å². The lowest BCUT2D eigenvalue weighted by Gasteiger charge is -2.40. The van der Waals surface area contributed by atoms with Gasteiger partial charge in [-0.25, -0.2) is 10.0 Å². The number of fused-ring (bicyclic) bond motifs is 2. The number of hydrogen-bond acceptors (Lipinski definition) is 4. The van der Waals surface area contributed by atoms with E-state index < -0.39 is 0 Å². The van der Waals surface area contributed by atoms with Gasteiger partial charge in [0.25, 0.3) is 0 Å². The van der Waals surface area contributed by atoms with Crippen molar-refractivity contribution in [1.82, 2.24) is 20.9 Å². The lowest BCUT2D eigenvalue weighted by molar-refractivity contribution is 0.0549. The largest absolute Gasteiger partial charge is 0.251 e. The minimum absolute atomic E-state index is 0.876. The molecule has 186 valence electrons. The van der Waals surface area contributed by atoms with Crippen LogP contribution >= 0.6 is 0 Å². The number of hydrogen-bond donors (Lipinski definition) is 2.